The van der Waals surface area contributed by atoms with E-state index in [2.05, 4.69) is 5.32 Å². The van der Waals surface area contributed by atoms with Crippen molar-refractivity contribution in [1.82, 2.24) is 4.90 Å². The second-order valence-electron chi connectivity index (χ2n) is 7.34. The SMILES string of the molecule is CCOC(=O)c1c(NC(=O)CCOc2ccc3ccccc3c2)sc(C(=O)N(C)C)c1C. The first-order valence-electron chi connectivity index (χ1n) is 10.3. The molecular weight excluding hydrogens is 428 g/mol. The van der Waals surface area contributed by atoms with Crippen molar-refractivity contribution in [3.63, 3.8) is 0 Å². The van der Waals surface area contributed by atoms with Crippen molar-refractivity contribution in [2.75, 3.05) is 32.6 Å². The molecule has 7 nitrogen and oxygen atoms in total. The van der Waals surface area contributed by atoms with Gasteiger partial charge in [0.15, 0.2) is 0 Å². The van der Waals surface area contributed by atoms with E-state index in [9.17, 15) is 14.4 Å². The number of ether oxygens (including phenoxy) is 2. The predicted molar refractivity (Wildman–Crippen MR) is 126 cm³/mol. The van der Waals surface area contributed by atoms with Crippen molar-refractivity contribution in [2.24, 2.45) is 0 Å². The average Bonchev–Trinajstić information content (AvgIpc) is 3.08. The molecule has 3 rings (SSSR count). The van der Waals surface area contributed by atoms with E-state index in [1.54, 1.807) is 27.9 Å². The number of rotatable bonds is 8. The zero-order valence-corrected chi connectivity index (χ0v) is 19.4. The highest BCUT2D eigenvalue weighted by atomic mass is 32.1. The number of anilines is 1. The van der Waals surface area contributed by atoms with Gasteiger partial charge in [0.25, 0.3) is 5.91 Å². The molecule has 1 heterocycles. The molecule has 1 aromatic heterocycles. The molecule has 0 fully saturated rings. The Morgan fingerprint density at radius 2 is 1.78 bits per heavy atom. The van der Waals surface area contributed by atoms with E-state index in [1.807, 2.05) is 42.5 Å². The van der Waals surface area contributed by atoms with E-state index >= 15 is 0 Å². The highest BCUT2D eigenvalue weighted by molar-refractivity contribution is 7.18. The third-order valence-electron chi connectivity index (χ3n) is 4.80. The van der Waals surface area contributed by atoms with E-state index in [-0.39, 0.29) is 37.0 Å². The summed E-state index contributed by atoms with van der Waals surface area (Å²) in [6.45, 7) is 3.75. The monoisotopic (exact) mass is 454 g/mol. The van der Waals surface area contributed by atoms with Crippen molar-refractivity contribution in [1.29, 1.82) is 0 Å². The Bertz CT molecular complexity index is 1150. The van der Waals surface area contributed by atoms with Gasteiger partial charge in [-0.2, -0.15) is 0 Å². The van der Waals surface area contributed by atoms with Gasteiger partial charge in [0.2, 0.25) is 5.91 Å². The Hall–Kier alpha value is -3.39. The molecule has 0 spiro atoms. The van der Waals surface area contributed by atoms with Crippen LogP contribution >= 0.6 is 11.3 Å². The lowest BCUT2D eigenvalue weighted by molar-refractivity contribution is -0.116. The van der Waals surface area contributed by atoms with Crippen molar-refractivity contribution in [2.45, 2.75) is 20.3 Å². The fraction of sp³-hybridized carbons (Fsp3) is 0.292. The maximum Gasteiger partial charge on any atom is 0.341 e. The topological polar surface area (TPSA) is 84.9 Å². The smallest absolute Gasteiger partial charge is 0.341 e. The summed E-state index contributed by atoms with van der Waals surface area (Å²) in [7, 11) is 3.27. The lowest BCUT2D eigenvalue weighted by atomic mass is 10.1. The van der Waals surface area contributed by atoms with Gasteiger partial charge in [-0.1, -0.05) is 30.3 Å². The molecule has 0 unspecified atom stereocenters. The molecule has 1 N–H and O–H groups in total. The lowest BCUT2D eigenvalue weighted by Gasteiger charge is -2.09. The second kappa shape index (κ2) is 10.3. The van der Waals surface area contributed by atoms with Crippen LogP contribution in [0.1, 0.15) is 38.9 Å². The first-order chi connectivity index (χ1) is 15.3. The minimum Gasteiger partial charge on any atom is -0.493 e. The molecular formula is C24H26N2O5S. The number of carbonyl (C=O) groups is 3. The lowest BCUT2D eigenvalue weighted by Crippen LogP contribution is -2.21. The summed E-state index contributed by atoms with van der Waals surface area (Å²) in [4.78, 5) is 39.3. The van der Waals surface area contributed by atoms with E-state index in [4.69, 9.17) is 9.47 Å². The van der Waals surface area contributed by atoms with E-state index in [0.717, 1.165) is 22.1 Å². The predicted octanol–water partition coefficient (Wildman–Crippen LogP) is 4.50. The number of carbonyl (C=O) groups excluding carboxylic acids is 3. The number of amides is 2. The molecule has 32 heavy (non-hydrogen) atoms. The van der Waals surface area contributed by atoms with Gasteiger partial charge >= 0.3 is 5.97 Å². The Labute approximate surface area is 190 Å². The molecule has 0 bridgehead atoms. The zero-order valence-electron chi connectivity index (χ0n) is 18.6. The Balaban J connectivity index is 1.69. The van der Waals surface area contributed by atoms with E-state index in [1.165, 1.54) is 4.90 Å². The van der Waals surface area contributed by atoms with Gasteiger partial charge in [0.05, 0.1) is 30.1 Å². The summed E-state index contributed by atoms with van der Waals surface area (Å²) in [6.07, 6.45) is 0.0863. The summed E-state index contributed by atoms with van der Waals surface area (Å²) < 4.78 is 10.9. The number of hydrogen-bond donors (Lipinski definition) is 1. The molecule has 3 aromatic rings. The number of thiophene rings is 1. The summed E-state index contributed by atoms with van der Waals surface area (Å²) in [5, 5.41) is 5.22. The Morgan fingerprint density at radius 3 is 2.47 bits per heavy atom. The molecule has 2 amide bonds. The number of hydrogen-bond acceptors (Lipinski definition) is 6. The third kappa shape index (κ3) is 5.26. The van der Waals surface area contributed by atoms with Gasteiger partial charge in [0, 0.05) is 14.1 Å². The number of fused-ring (bicyclic) bond motifs is 1. The molecule has 0 aliphatic rings. The molecule has 0 atom stereocenters. The third-order valence-corrected chi connectivity index (χ3v) is 5.99. The summed E-state index contributed by atoms with van der Waals surface area (Å²) in [6, 6.07) is 13.7. The van der Waals surface area contributed by atoms with Crippen LogP contribution in [-0.2, 0) is 9.53 Å². The second-order valence-corrected chi connectivity index (χ2v) is 8.36. The van der Waals surface area contributed by atoms with Crippen LogP contribution in [0.25, 0.3) is 10.8 Å². The van der Waals surface area contributed by atoms with Crippen LogP contribution in [0.2, 0.25) is 0 Å². The van der Waals surface area contributed by atoms with Crippen LogP contribution in [0.5, 0.6) is 5.75 Å². The molecule has 168 valence electrons. The van der Waals surface area contributed by atoms with E-state index in [0.29, 0.717) is 21.2 Å². The van der Waals surface area contributed by atoms with Gasteiger partial charge in [-0.05, 0) is 42.3 Å². The highest BCUT2D eigenvalue weighted by Gasteiger charge is 2.27. The van der Waals surface area contributed by atoms with Gasteiger partial charge in [-0.25, -0.2) is 4.79 Å². The van der Waals surface area contributed by atoms with Crippen LogP contribution in [0.3, 0.4) is 0 Å². The molecule has 0 aliphatic carbocycles. The normalized spacial score (nSPS) is 10.6. The molecule has 0 saturated heterocycles. The number of esters is 1. The summed E-state index contributed by atoms with van der Waals surface area (Å²) in [5.74, 6) is -0.448. The van der Waals surface area contributed by atoms with Gasteiger partial charge in [-0.15, -0.1) is 11.3 Å². The zero-order chi connectivity index (χ0) is 23.3. The van der Waals surface area contributed by atoms with Gasteiger partial charge in [-0.3, -0.25) is 9.59 Å². The van der Waals surface area contributed by atoms with Crippen LogP contribution in [0, 0.1) is 6.92 Å². The molecule has 0 aliphatic heterocycles. The van der Waals surface area contributed by atoms with Crippen LogP contribution in [-0.4, -0.2) is 50.0 Å². The fourth-order valence-corrected chi connectivity index (χ4v) is 4.40. The van der Waals surface area contributed by atoms with Crippen molar-refractivity contribution in [3.8, 4) is 5.75 Å². The Kier molecular flexibility index (Phi) is 7.48. The number of benzene rings is 2. The summed E-state index contributed by atoms with van der Waals surface area (Å²) in [5.41, 5.74) is 0.709. The number of nitrogens with one attached hydrogen (secondary N) is 1. The van der Waals surface area contributed by atoms with Crippen molar-refractivity contribution in [3.05, 3.63) is 58.5 Å². The minimum atomic E-state index is -0.568. The highest BCUT2D eigenvalue weighted by Crippen LogP contribution is 2.34. The quantitative estimate of drug-likeness (QED) is 0.507. The maximum absolute atomic E-state index is 12.5. The average molecular weight is 455 g/mol. The maximum atomic E-state index is 12.5. The van der Waals surface area contributed by atoms with Crippen molar-refractivity contribution < 1.29 is 23.9 Å². The standard InChI is InChI=1S/C24H26N2O5S/c1-5-30-24(29)20-15(2)21(23(28)26(3)4)32-22(20)25-19(27)12-13-31-18-11-10-16-8-6-7-9-17(16)14-18/h6-11,14H,5,12-13H2,1-4H3,(H,25,27). The van der Waals surface area contributed by atoms with Gasteiger partial charge in [0.1, 0.15) is 10.8 Å². The van der Waals surface area contributed by atoms with E-state index < -0.39 is 5.97 Å². The molecule has 0 radical (unpaired) electrons. The number of nitrogens with zero attached hydrogens (tertiary/aromatic N) is 1. The van der Waals surface area contributed by atoms with Crippen LogP contribution in [0.15, 0.2) is 42.5 Å². The van der Waals surface area contributed by atoms with Crippen LogP contribution < -0.4 is 10.1 Å². The Morgan fingerprint density at radius 1 is 1.06 bits per heavy atom. The summed E-state index contributed by atoms with van der Waals surface area (Å²) >= 11 is 1.07. The largest absolute Gasteiger partial charge is 0.493 e. The van der Waals surface area contributed by atoms with Crippen LogP contribution in [0.4, 0.5) is 5.00 Å². The molecule has 0 saturated carbocycles. The first kappa shape index (κ1) is 23.3. The fourth-order valence-electron chi connectivity index (χ4n) is 3.17. The van der Waals surface area contributed by atoms with Gasteiger partial charge < -0.3 is 19.7 Å². The molecule has 2 aromatic carbocycles. The first-order valence-corrected chi connectivity index (χ1v) is 11.1. The minimum absolute atomic E-state index is 0.0863. The molecule has 8 heteroatoms. The van der Waals surface area contributed by atoms with Crippen molar-refractivity contribution >= 4 is 44.9 Å².